The number of aromatic nitrogens is 2. The van der Waals surface area contributed by atoms with Crippen LogP contribution in [0.1, 0.15) is 0 Å². The van der Waals surface area contributed by atoms with Gasteiger partial charge in [0.2, 0.25) is 5.95 Å². The molecule has 1 aromatic heterocycles. The number of hydrazone groups is 1. The Morgan fingerprint density at radius 1 is 1.13 bits per heavy atom. The van der Waals surface area contributed by atoms with E-state index in [0.717, 1.165) is 12.1 Å². The van der Waals surface area contributed by atoms with Gasteiger partial charge in [0.25, 0.3) is 0 Å². The molecule has 188 valence electrons. The number of hydrogen-bond acceptors (Lipinski definition) is 13. The molecule has 2 unspecified atom stereocenters. The van der Waals surface area contributed by atoms with Crippen molar-refractivity contribution in [2.24, 2.45) is 16.9 Å². The van der Waals surface area contributed by atoms with Gasteiger partial charge in [-0.1, -0.05) is 18.2 Å². The average molecular weight is 582 g/mol. The third-order valence-corrected chi connectivity index (χ3v) is 6.44. The van der Waals surface area contributed by atoms with E-state index < -0.39 is 33.0 Å². The molecule has 0 amide bonds. The number of hydrogen-bond donors (Lipinski definition) is 3. The number of fused-ring (bicyclic) bond motifs is 1. The molecule has 38 heavy (non-hydrogen) atoms. The van der Waals surface area contributed by atoms with E-state index in [4.69, 9.17) is 5.41 Å². The maximum atomic E-state index is 13.4. The van der Waals surface area contributed by atoms with Gasteiger partial charge in [-0.05, 0) is 30.4 Å². The molecule has 3 N–H and O–H groups in total. The molecule has 0 bridgehead atoms. The van der Waals surface area contributed by atoms with Gasteiger partial charge >= 0.3 is 65.2 Å². The number of anilines is 3. The second-order valence-corrected chi connectivity index (χ2v) is 9.39. The van der Waals surface area contributed by atoms with Crippen molar-refractivity contribution in [3.63, 3.8) is 0 Å². The van der Waals surface area contributed by atoms with Crippen LogP contribution in [0, 0.1) is 29.3 Å². The Morgan fingerprint density at radius 3 is 2.58 bits per heavy atom. The van der Waals surface area contributed by atoms with Crippen LogP contribution in [0.25, 0.3) is 0 Å². The Bertz CT molecular complexity index is 1420. The average Bonchev–Trinajstić information content (AvgIpc) is 2.80. The summed E-state index contributed by atoms with van der Waals surface area (Å²) in [6, 6.07) is 4.18. The molecule has 1 heterocycles. The van der Waals surface area contributed by atoms with E-state index in [9.17, 15) is 27.0 Å². The van der Waals surface area contributed by atoms with Gasteiger partial charge < -0.3 is 15.1 Å². The van der Waals surface area contributed by atoms with E-state index in [1.807, 2.05) is 0 Å². The second kappa shape index (κ2) is 14.2. The molecule has 2 aromatic rings. The minimum absolute atomic E-state index is 0. The van der Waals surface area contributed by atoms with Crippen molar-refractivity contribution in [1.29, 1.82) is 5.41 Å². The molecule has 0 saturated carbocycles. The zero-order valence-electron chi connectivity index (χ0n) is 19.7. The zero-order chi connectivity index (χ0) is 25.9. The Morgan fingerprint density at radius 2 is 1.89 bits per heavy atom. The van der Waals surface area contributed by atoms with Crippen molar-refractivity contribution in [3.8, 4) is 0 Å². The van der Waals surface area contributed by atoms with E-state index >= 15 is 0 Å². The summed E-state index contributed by atoms with van der Waals surface area (Å²) >= 11 is 0.706. The van der Waals surface area contributed by atoms with Crippen molar-refractivity contribution in [1.82, 2.24) is 9.97 Å². The Kier molecular flexibility index (Phi) is 12.2. The summed E-state index contributed by atoms with van der Waals surface area (Å²) in [4.78, 5) is 6.21. The summed E-state index contributed by atoms with van der Waals surface area (Å²) < 4.78 is 66.3. The summed E-state index contributed by atoms with van der Waals surface area (Å²) in [5.41, 5.74) is 2.66. The Balaban J connectivity index is 0.00000253. The molecule has 2 atom stereocenters. The molecular formula is C20H14F2N6Na2O6S2. The summed E-state index contributed by atoms with van der Waals surface area (Å²) in [6.07, 6.45) is 7.01. The van der Waals surface area contributed by atoms with Gasteiger partial charge in [0.05, 0.1) is 34.0 Å². The Labute approximate surface area is 263 Å². The number of rotatable bonds is 8. The number of nitrogens with zero attached hydrogens (tertiary/aromatic N) is 3. The summed E-state index contributed by atoms with van der Waals surface area (Å²) in [5, 5.41) is 28.4. The first-order valence-corrected chi connectivity index (χ1v) is 12.0. The first-order valence-electron chi connectivity index (χ1n) is 9.85. The molecule has 2 aliphatic carbocycles. The molecular weight excluding hydrogens is 568 g/mol. The van der Waals surface area contributed by atoms with Gasteiger partial charge in [-0.3, -0.25) is 15.9 Å². The normalized spacial score (nSPS) is 19.2. The van der Waals surface area contributed by atoms with Crippen LogP contribution in [0.2, 0.25) is 0 Å². The van der Waals surface area contributed by atoms with Gasteiger partial charge in [0, 0.05) is 28.5 Å². The number of allylic oxidation sites excluding steroid dienone is 5. The third kappa shape index (κ3) is 8.23. The predicted molar refractivity (Wildman–Crippen MR) is 122 cm³/mol. The van der Waals surface area contributed by atoms with E-state index in [0.29, 0.717) is 16.9 Å². The van der Waals surface area contributed by atoms with Crippen LogP contribution in [-0.4, -0.2) is 34.4 Å². The maximum absolute atomic E-state index is 13.4. The zero-order valence-corrected chi connectivity index (χ0v) is 25.3. The van der Waals surface area contributed by atoms with Gasteiger partial charge in [-0.15, -0.1) is 0 Å². The first-order chi connectivity index (χ1) is 17.1. The number of nitrogens with one attached hydrogen (secondary N) is 3. The molecule has 0 saturated heterocycles. The van der Waals surface area contributed by atoms with E-state index in [1.54, 1.807) is 24.3 Å². The fourth-order valence-corrected chi connectivity index (χ4v) is 4.54. The Hall–Kier alpha value is -1.54. The molecule has 4 rings (SSSR count). The van der Waals surface area contributed by atoms with E-state index in [2.05, 4.69) is 35.2 Å². The SMILES string of the molecule is N=C1C=CC2C=C(SOO[O-])C=CC2/C1=N/Nc1cc(Nc2cc(F)nc(F)n2)ccc1S(=O)(=O)[O-].[Na+].[Na+]. The smallest absolute Gasteiger partial charge is 0.744 e. The summed E-state index contributed by atoms with van der Waals surface area (Å²) in [6.45, 7) is 0. The van der Waals surface area contributed by atoms with Crippen LogP contribution < -0.4 is 75.1 Å². The molecule has 12 nitrogen and oxygen atoms in total. The first kappa shape index (κ1) is 32.7. The van der Waals surface area contributed by atoms with Crippen molar-refractivity contribution in [2.45, 2.75) is 4.90 Å². The van der Waals surface area contributed by atoms with Crippen molar-refractivity contribution < 1.29 is 95.5 Å². The topological polar surface area (TPSA) is 185 Å². The van der Waals surface area contributed by atoms with Crippen LogP contribution in [-0.2, 0) is 19.5 Å². The van der Waals surface area contributed by atoms with Crippen molar-refractivity contribution >= 4 is 50.8 Å². The number of halogens is 2. The van der Waals surface area contributed by atoms with Crippen LogP contribution in [0.15, 0.2) is 69.5 Å². The van der Waals surface area contributed by atoms with Gasteiger partial charge in [0.15, 0.2) is 0 Å². The molecule has 0 aliphatic heterocycles. The van der Waals surface area contributed by atoms with Crippen LogP contribution in [0.3, 0.4) is 0 Å². The van der Waals surface area contributed by atoms with Gasteiger partial charge in [-0.25, -0.2) is 8.42 Å². The molecule has 2 aliphatic rings. The second-order valence-electron chi connectivity index (χ2n) is 7.27. The molecule has 18 heteroatoms. The fourth-order valence-electron chi connectivity index (χ4n) is 3.48. The predicted octanol–water partition coefficient (Wildman–Crippen LogP) is -3.67. The minimum Gasteiger partial charge on any atom is -0.744 e. The standard InChI is InChI=1S/C20H16F2N6O6S2.2Na/c21-17-9-18(26-20(22)25-17)24-11-2-6-16(36(30,31)32)15(8-11)27-28-19-13-4-3-12(35-34-33-29)7-10(13)1-5-14(19)23;;/h1-10,13,23,27,29H,(H,24,25,26)(H,30,31,32);;/q;2*+1/p-2/b23-14?,28-19-;;. The maximum Gasteiger partial charge on any atom is 1.00 e. The number of benzene rings is 1. The van der Waals surface area contributed by atoms with E-state index in [-0.39, 0.29) is 93.6 Å². The summed E-state index contributed by atoms with van der Waals surface area (Å²) in [7, 11) is -4.94. The van der Waals surface area contributed by atoms with Gasteiger partial charge in [0.1, 0.15) is 15.9 Å². The molecule has 0 radical (unpaired) electrons. The van der Waals surface area contributed by atoms with Crippen molar-refractivity contribution in [3.05, 3.63) is 71.6 Å². The molecule has 0 fully saturated rings. The minimum atomic E-state index is -4.94. The van der Waals surface area contributed by atoms with Crippen LogP contribution >= 0.6 is 12.0 Å². The monoisotopic (exact) mass is 582 g/mol. The van der Waals surface area contributed by atoms with Crippen LogP contribution in [0.4, 0.5) is 26.0 Å². The molecule has 0 spiro atoms. The van der Waals surface area contributed by atoms with Gasteiger partial charge in [-0.2, -0.15) is 28.2 Å². The van der Waals surface area contributed by atoms with Crippen LogP contribution in [0.5, 0.6) is 0 Å². The third-order valence-electron chi connectivity index (χ3n) is 4.96. The largest absolute Gasteiger partial charge is 1.00 e. The van der Waals surface area contributed by atoms with Crippen molar-refractivity contribution in [2.75, 3.05) is 10.7 Å². The summed E-state index contributed by atoms with van der Waals surface area (Å²) in [5.74, 6) is -2.07. The fraction of sp³-hybridized carbons (Fsp3) is 0.100. The van der Waals surface area contributed by atoms with E-state index in [1.165, 1.54) is 18.2 Å². The quantitative estimate of drug-likeness (QED) is 0.0530. The molecule has 1 aromatic carbocycles.